The number of urea groups is 1. The Morgan fingerprint density at radius 3 is 2.44 bits per heavy atom. The molecule has 0 aliphatic heterocycles. The van der Waals surface area contributed by atoms with E-state index in [0.29, 0.717) is 26.1 Å². The summed E-state index contributed by atoms with van der Waals surface area (Å²) in [6.45, 7) is 7.21. The lowest BCUT2D eigenvalue weighted by Gasteiger charge is -2.13. The highest BCUT2D eigenvalue weighted by Crippen LogP contribution is 2.03. The largest absolute Gasteiger partial charge is 0.481 e. The molecule has 0 rings (SSSR count). The van der Waals surface area contributed by atoms with Gasteiger partial charge in [0.1, 0.15) is 0 Å². The van der Waals surface area contributed by atoms with Crippen LogP contribution >= 0.6 is 0 Å². The normalized spacial score (nSPS) is 12.2. The molecule has 2 amide bonds. The number of carbonyl (C=O) groups excluding carboxylic acids is 1. The summed E-state index contributed by atoms with van der Waals surface area (Å²) in [7, 11) is 0. The fourth-order valence-electron chi connectivity index (χ4n) is 1.26. The maximum absolute atomic E-state index is 11.3. The van der Waals surface area contributed by atoms with E-state index >= 15 is 0 Å². The molecule has 0 saturated heterocycles. The zero-order valence-corrected chi connectivity index (χ0v) is 11.4. The van der Waals surface area contributed by atoms with Gasteiger partial charge in [0.2, 0.25) is 0 Å². The third-order valence-electron chi connectivity index (χ3n) is 2.30. The number of carboxylic acid groups (broad SMARTS) is 1. The highest BCUT2D eigenvalue weighted by molar-refractivity contribution is 5.73. The Morgan fingerprint density at radius 2 is 1.89 bits per heavy atom. The molecule has 6 nitrogen and oxygen atoms in total. The molecule has 1 atom stereocenters. The predicted octanol–water partition coefficient (Wildman–Crippen LogP) is 1.21. The quantitative estimate of drug-likeness (QED) is 0.544. The number of carboxylic acids is 1. The first-order valence-electron chi connectivity index (χ1n) is 6.27. The van der Waals surface area contributed by atoms with E-state index in [1.54, 1.807) is 0 Å². The second kappa shape index (κ2) is 9.70. The van der Waals surface area contributed by atoms with Crippen LogP contribution in [0.25, 0.3) is 0 Å². The van der Waals surface area contributed by atoms with Crippen LogP contribution in [0.4, 0.5) is 4.79 Å². The molecular formula is C12H24N2O4. The molecule has 0 spiro atoms. The molecule has 3 N–H and O–H groups in total. The van der Waals surface area contributed by atoms with Crippen molar-refractivity contribution in [1.29, 1.82) is 0 Å². The van der Waals surface area contributed by atoms with Gasteiger partial charge in [-0.3, -0.25) is 4.79 Å². The van der Waals surface area contributed by atoms with E-state index < -0.39 is 5.97 Å². The van der Waals surface area contributed by atoms with Crippen molar-refractivity contribution in [3.63, 3.8) is 0 Å². The minimum absolute atomic E-state index is 0.132. The minimum Gasteiger partial charge on any atom is -0.481 e. The van der Waals surface area contributed by atoms with Crippen LogP contribution in [0.15, 0.2) is 0 Å². The molecule has 0 aromatic carbocycles. The van der Waals surface area contributed by atoms with Gasteiger partial charge >= 0.3 is 12.0 Å². The SMILES string of the molecule is CC(CCC(=O)O)CNC(=O)NCCOC(C)C. The second-order valence-electron chi connectivity index (χ2n) is 4.59. The average molecular weight is 260 g/mol. The van der Waals surface area contributed by atoms with Crippen molar-refractivity contribution < 1.29 is 19.4 Å². The van der Waals surface area contributed by atoms with E-state index in [-0.39, 0.29) is 24.5 Å². The van der Waals surface area contributed by atoms with E-state index in [1.165, 1.54) is 0 Å². The highest BCUT2D eigenvalue weighted by Gasteiger charge is 2.07. The Labute approximate surface area is 108 Å². The van der Waals surface area contributed by atoms with Gasteiger partial charge in [0, 0.05) is 19.5 Å². The smallest absolute Gasteiger partial charge is 0.314 e. The Kier molecular flexibility index (Phi) is 9.00. The van der Waals surface area contributed by atoms with E-state index in [2.05, 4.69) is 10.6 Å². The maximum Gasteiger partial charge on any atom is 0.314 e. The van der Waals surface area contributed by atoms with Crippen LogP contribution < -0.4 is 10.6 Å². The molecule has 6 heteroatoms. The topological polar surface area (TPSA) is 87.7 Å². The third kappa shape index (κ3) is 11.2. The van der Waals surface area contributed by atoms with Crippen LogP contribution in [-0.4, -0.2) is 42.9 Å². The van der Waals surface area contributed by atoms with E-state index in [4.69, 9.17) is 9.84 Å². The van der Waals surface area contributed by atoms with Crippen molar-refractivity contribution in [2.45, 2.75) is 39.7 Å². The number of rotatable bonds is 9. The zero-order chi connectivity index (χ0) is 14.0. The predicted molar refractivity (Wildman–Crippen MR) is 68.5 cm³/mol. The van der Waals surface area contributed by atoms with Crippen molar-refractivity contribution in [3.05, 3.63) is 0 Å². The molecule has 0 fully saturated rings. The molecule has 0 heterocycles. The van der Waals surface area contributed by atoms with E-state index in [0.717, 1.165) is 0 Å². The highest BCUT2D eigenvalue weighted by atomic mass is 16.5. The molecule has 0 radical (unpaired) electrons. The summed E-state index contributed by atoms with van der Waals surface area (Å²) in [5.74, 6) is -0.657. The molecule has 0 aromatic rings. The molecule has 0 aliphatic rings. The number of hydrogen-bond donors (Lipinski definition) is 3. The van der Waals surface area contributed by atoms with Crippen LogP contribution in [0.1, 0.15) is 33.6 Å². The number of carbonyl (C=O) groups is 2. The van der Waals surface area contributed by atoms with Gasteiger partial charge in [-0.1, -0.05) is 6.92 Å². The van der Waals surface area contributed by atoms with Crippen molar-refractivity contribution in [2.24, 2.45) is 5.92 Å². The zero-order valence-electron chi connectivity index (χ0n) is 11.4. The third-order valence-corrected chi connectivity index (χ3v) is 2.30. The van der Waals surface area contributed by atoms with Crippen molar-refractivity contribution in [3.8, 4) is 0 Å². The van der Waals surface area contributed by atoms with Gasteiger partial charge in [-0.25, -0.2) is 4.79 Å². The summed E-state index contributed by atoms with van der Waals surface area (Å²) in [6.07, 6.45) is 0.851. The lowest BCUT2D eigenvalue weighted by atomic mass is 10.1. The first-order valence-corrected chi connectivity index (χ1v) is 6.27. The van der Waals surface area contributed by atoms with Crippen molar-refractivity contribution >= 4 is 12.0 Å². The van der Waals surface area contributed by atoms with Crippen molar-refractivity contribution in [2.75, 3.05) is 19.7 Å². The van der Waals surface area contributed by atoms with Gasteiger partial charge in [-0.15, -0.1) is 0 Å². The minimum atomic E-state index is -0.808. The second-order valence-corrected chi connectivity index (χ2v) is 4.59. The van der Waals surface area contributed by atoms with Crippen LogP contribution in [-0.2, 0) is 9.53 Å². The summed E-state index contributed by atoms with van der Waals surface area (Å²) in [5.41, 5.74) is 0. The first kappa shape index (κ1) is 16.7. The average Bonchev–Trinajstić information content (AvgIpc) is 2.29. The number of nitrogens with one attached hydrogen (secondary N) is 2. The van der Waals surface area contributed by atoms with E-state index in [1.807, 2.05) is 20.8 Å². The number of hydrogen-bond acceptors (Lipinski definition) is 3. The number of amides is 2. The molecule has 0 aliphatic carbocycles. The van der Waals surface area contributed by atoms with Gasteiger partial charge in [-0.2, -0.15) is 0 Å². The Morgan fingerprint density at radius 1 is 1.22 bits per heavy atom. The fraction of sp³-hybridized carbons (Fsp3) is 0.833. The van der Waals surface area contributed by atoms with Gasteiger partial charge in [0.05, 0.1) is 12.7 Å². The lowest BCUT2D eigenvalue weighted by Crippen LogP contribution is -2.39. The lowest BCUT2D eigenvalue weighted by molar-refractivity contribution is -0.137. The first-order chi connectivity index (χ1) is 8.41. The van der Waals surface area contributed by atoms with Gasteiger partial charge in [0.15, 0.2) is 0 Å². The summed E-state index contributed by atoms with van der Waals surface area (Å²) in [4.78, 5) is 21.7. The number of aliphatic carboxylic acids is 1. The summed E-state index contributed by atoms with van der Waals surface area (Å²) >= 11 is 0. The fourth-order valence-corrected chi connectivity index (χ4v) is 1.26. The summed E-state index contributed by atoms with van der Waals surface area (Å²) in [5, 5.41) is 13.9. The van der Waals surface area contributed by atoms with Gasteiger partial charge in [-0.05, 0) is 26.2 Å². The Bertz CT molecular complexity index is 256. The van der Waals surface area contributed by atoms with Crippen molar-refractivity contribution in [1.82, 2.24) is 10.6 Å². The monoisotopic (exact) mass is 260 g/mol. The molecule has 18 heavy (non-hydrogen) atoms. The molecule has 0 aromatic heterocycles. The van der Waals surface area contributed by atoms with Gasteiger partial charge < -0.3 is 20.5 Å². The molecule has 1 unspecified atom stereocenters. The standard InChI is InChI=1S/C12H24N2O4/c1-9(2)18-7-6-13-12(17)14-8-10(3)4-5-11(15)16/h9-10H,4-8H2,1-3H3,(H,15,16)(H2,13,14,17). The molecule has 0 bridgehead atoms. The Hall–Kier alpha value is -1.30. The maximum atomic E-state index is 11.3. The Balaban J connectivity index is 3.48. The summed E-state index contributed by atoms with van der Waals surface area (Å²) < 4.78 is 5.27. The van der Waals surface area contributed by atoms with Crippen LogP contribution in [0, 0.1) is 5.92 Å². The molecule has 0 saturated carbocycles. The summed E-state index contributed by atoms with van der Waals surface area (Å²) in [6, 6.07) is -0.246. The molecular weight excluding hydrogens is 236 g/mol. The number of ether oxygens (including phenoxy) is 1. The van der Waals surface area contributed by atoms with Crippen LogP contribution in [0.2, 0.25) is 0 Å². The van der Waals surface area contributed by atoms with E-state index in [9.17, 15) is 9.59 Å². The van der Waals surface area contributed by atoms with Crippen LogP contribution in [0.5, 0.6) is 0 Å². The van der Waals surface area contributed by atoms with Gasteiger partial charge in [0.25, 0.3) is 0 Å². The van der Waals surface area contributed by atoms with Crippen LogP contribution in [0.3, 0.4) is 0 Å². The molecule has 106 valence electrons.